The highest BCUT2D eigenvalue weighted by Crippen LogP contribution is 2.39. The fraction of sp³-hybridized carbons (Fsp3) is 0.526. The Morgan fingerprint density at radius 3 is 1.32 bits per heavy atom. The summed E-state index contributed by atoms with van der Waals surface area (Å²) in [5, 5.41) is 0. The molecular formula is C19H26O3. The summed E-state index contributed by atoms with van der Waals surface area (Å²) < 4.78 is 0. The molecule has 0 spiro atoms. The van der Waals surface area contributed by atoms with Crippen LogP contribution in [0, 0.1) is 10.8 Å². The average Bonchev–Trinajstić information content (AvgIpc) is 2.26. The lowest BCUT2D eigenvalue weighted by Crippen LogP contribution is -2.28. The molecule has 0 amide bonds. The van der Waals surface area contributed by atoms with Gasteiger partial charge in [-0.1, -0.05) is 41.5 Å². The summed E-state index contributed by atoms with van der Waals surface area (Å²) >= 11 is 0. The van der Waals surface area contributed by atoms with Crippen LogP contribution in [0.4, 0.5) is 0 Å². The molecule has 0 aliphatic heterocycles. The molecule has 22 heavy (non-hydrogen) atoms. The Morgan fingerprint density at radius 1 is 0.773 bits per heavy atom. The molecule has 0 aromatic rings. The number of ketones is 3. The highest BCUT2D eigenvalue weighted by Gasteiger charge is 2.35. The predicted octanol–water partition coefficient (Wildman–Crippen LogP) is 3.99. The van der Waals surface area contributed by atoms with Gasteiger partial charge in [-0.05, 0) is 42.4 Å². The Bertz CT molecular complexity index is 575. The normalized spacial score (nSPS) is 16.2. The van der Waals surface area contributed by atoms with E-state index in [1.165, 1.54) is 13.8 Å². The van der Waals surface area contributed by atoms with Crippen LogP contribution in [0.2, 0.25) is 0 Å². The van der Waals surface area contributed by atoms with Gasteiger partial charge in [0.15, 0.2) is 17.3 Å². The minimum atomic E-state index is -0.355. The van der Waals surface area contributed by atoms with Crippen LogP contribution in [0.3, 0.4) is 0 Å². The van der Waals surface area contributed by atoms with Gasteiger partial charge in [0.05, 0.1) is 5.57 Å². The topological polar surface area (TPSA) is 51.2 Å². The quantitative estimate of drug-likeness (QED) is 0.440. The molecule has 1 rings (SSSR count). The molecule has 0 saturated carbocycles. The standard InChI is InChI=1S/C19H26O3/c1-11(20)16(12(2)21)13-9-14(18(3,4)5)17(22)15(10-13)19(6,7)8/h9-10H,1-8H3. The van der Waals surface area contributed by atoms with Crippen LogP contribution in [-0.4, -0.2) is 17.3 Å². The number of rotatable bonds is 2. The Morgan fingerprint density at radius 2 is 1.09 bits per heavy atom. The molecule has 0 N–H and O–H groups in total. The summed E-state index contributed by atoms with van der Waals surface area (Å²) in [6.45, 7) is 14.5. The second-order valence-corrected chi connectivity index (χ2v) is 7.89. The molecule has 0 aromatic carbocycles. The van der Waals surface area contributed by atoms with Gasteiger partial charge in [0, 0.05) is 11.1 Å². The van der Waals surface area contributed by atoms with Gasteiger partial charge in [0.25, 0.3) is 0 Å². The Balaban J connectivity index is 3.76. The first kappa shape index (κ1) is 18.3. The highest BCUT2D eigenvalue weighted by molar-refractivity contribution is 6.21. The summed E-state index contributed by atoms with van der Waals surface area (Å²) in [4.78, 5) is 36.5. The number of hydrogen-bond donors (Lipinski definition) is 0. The molecule has 0 unspecified atom stereocenters. The van der Waals surface area contributed by atoms with Gasteiger partial charge in [-0.3, -0.25) is 14.4 Å². The first-order chi connectivity index (χ1) is 9.76. The van der Waals surface area contributed by atoms with E-state index in [4.69, 9.17) is 0 Å². The van der Waals surface area contributed by atoms with Gasteiger partial charge in [0.2, 0.25) is 0 Å². The molecule has 3 heteroatoms. The number of carbonyl (C=O) groups excluding carboxylic acids is 3. The maximum atomic E-state index is 12.8. The second kappa shape index (κ2) is 5.79. The van der Waals surface area contributed by atoms with E-state index in [1.807, 2.05) is 41.5 Å². The third kappa shape index (κ3) is 3.70. The van der Waals surface area contributed by atoms with Gasteiger partial charge >= 0.3 is 0 Å². The Hall–Kier alpha value is -1.77. The van der Waals surface area contributed by atoms with Crippen LogP contribution in [0.25, 0.3) is 0 Å². The van der Waals surface area contributed by atoms with Crippen LogP contribution in [0.1, 0.15) is 55.4 Å². The SMILES string of the molecule is CC(=O)C(C(C)=O)=C1C=C(C(C)(C)C)C(=O)C(C(C)(C)C)=C1. The zero-order chi connectivity index (χ0) is 17.5. The van der Waals surface area contributed by atoms with Gasteiger partial charge in [-0.2, -0.15) is 0 Å². The van der Waals surface area contributed by atoms with Crippen LogP contribution < -0.4 is 0 Å². The minimum Gasteiger partial charge on any atom is -0.294 e. The zero-order valence-corrected chi connectivity index (χ0v) is 14.9. The van der Waals surface area contributed by atoms with E-state index in [-0.39, 0.29) is 33.8 Å². The van der Waals surface area contributed by atoms with Crippen molar-refractivity contribution in [2.75, 3.05) is 0 Å². The third-order valence-electron chi connectivity index (χ3n) is 3.70. The molecule has 1 aliphatic carbocycles. The monoisotopic (exact) mass is 302 g/mol. The fourth-order valence-electron chi connectivity index (χ4n) is 2.54. The van der Waals surface area contributed by atoms with Crippen molar-refractivity contribution in [2.24, 2.45) is 10.8 Å². The Kier molecular flexibility index (Phi) is 4.81. The molecule has 120 valence electrons. The van der Waals surface area contributed by atoms with Crippen molar-refractivity contribution in [3.63, 3.8) is 0 Å². The van der Waals surface area contributed by atoms with Gasteiger partial charge in [-0.25, -0.2) is 0 Å². The largest absolute Gasteiger partial charge is 0.294 e. The molecule has 0 radical (unpaired) electrons. The van der Waals surface area contributed by atoms with E-state index >= 15 is 0 Å². The van der Waals surface area contributed by atoms with Crippen molar-refractivity contribution in [3.05, 3.63) is 34.4 Å². The summed E-state index contributed by atoms with van der Waals surface area (Å²) in [7, 11) is 0. The molecule has 0 bridgehead atoms. The predicted molar refractivity (Wildman–Crippen MR) is 88.5 cm³/mol. The van der Waals surface area contributed by atoms with Gasteiger partial charge in [0.1, 0.15) is 0 Å². The number of allylic oxidation sites excluding steroid dienone is 6. The highest BCUT2D eigenvalue weighted by atomic mass is 16.1. The van der Waals surface area contributed by atoms with Gasteiger partial charge in [-0.15, -0.1) is 0 Å². The first-order valence-electron chi connectivity index (χ1n) is 7.52. The van der Waals surface area contributed by atoms with Crippen molar-refractivity contribution >= 4 is 17.3 Å². The lowest BCUT2D eigenvalue weighted by molar-refractivity contribution is -0.119. The van der Waals surface area contributed by atoms with Crippen molar-refractivity contribution in [1.82, 2.24) is 0 Å². The van der Waals surface area contributed by atoms with Crippen molar-refractivity contribution in [1.29, 1.82) is 0 Å². The molecule has 1 aliphatic rings. The number of hydrogen-bond acceptors (Lipinski definition) is 3. The number of Topliss-reactive ketones (excluding diaryl/α,β-unsaturated/α-hetero) is 3. The zero-order valence-electron chi connectivity index (χ0n) is 14.9. The summed E-state index contributed by atoms with van der Waals surface area (Å²) in [6.07, 6.45) is 3.41. The van der Waals surface area contributed by atoms with E-state index in [9.17, 15) is 14.4 Å². The van der Waals surface area contributed by atoms with E-state index < -0.39 is 0 Å². The molecule has 0 atom stereocenters. The Labute approximate surface area is 133 Å². The summed E-state index contributed by atoms with van der Waals surface area (Å²) in [5.74, 6) is -0.549. The molecule has 0 saturated heterocycles. The molecule has 0 fully saturated rings. The molecule has 0 aromatic heterocycles. The molecular weight excluding hydrogens is 276 g/mol. The average molecular weight is 302 g/mol. The van der Waals surface area contributed by atoms with E-state index in [0.717, 1.165) is 0 Å². The van der Waals surface area contributed by atoms with Gasteiger partial charge < -0.3 is 0 Å². The van der Waals surface area contributed by atoms with Crippen molar-refractivity contribution < 1.29 is 14.4 Å². The van der Waals surface area contributed by atoms with Crippen molar-refractivity contribution in [2.45, 2.75) is 55.4 Å². The van der Waals surface area contributed by atoms with Crippen LogP contribution in [0.5, 0.6) is 0 Å². The van der Waals surface area contributed by atoms with E-state index in [2.05, 4.69) is 0 Å². The minimum absolute atomic E-state index is 0.00444. The fourth-order valence-corrected chi connectivity index (χ4v) is 2.54. The van der Waals surface area contributed by atoms with Crippen LogP contribution in [-0.2, 0) is 14.4 Å². The van der Waals surface area contributed by atoms with E-state index in [1.54, 1.807) is 12.2 Å². The first-order valence-corrected chi connectivity index (χ1v) is 7.52. The lowest BCUT2D eigenvalue weighted by atomic mass is 9.71. The second-order valence-electron chi connectivity index (χ2n) is 7.89. The maximum absolute atomic E-state index is 12.8. The summed E-state index contributed by atoms with van der Waals surface area (Å²) in [5.41, 5.74) is 1.27. The van der Waals surface area contributed by atoms with Crippen molar-refractivity contribution in [3.8, 4) is 0 Å². The van der Waals surface area contributed by atoms with Crippen LogP contribution in [0.15, 0.2) is 34.4 Å². The lowest BCUT2D eigenvalue weighted by Gasteiger charge is -2.31. The maximum Gasteiger partial charge on any atom is 0.186 e. The van der Waals surface area contributed by atoms with E-state index in [0.29, 0.717) is 16.7 Å². The molecule has 0 heterocycles. The van der Waals surface area contributed by atoms with Crippen LogP contribution >= 0.6 is 0 Å². The smallest absolute Gasteiger partial charge is 0.186 e. The number of carbonyl (C=O) groups is 3. The summed E-state index contributed by atoms with van der Waals surface area (Å²) in [6, 6.07) is 0. The third-order valence-corrected chi connectivity index (χ3v) is 3.70. The molecule has 3 nitrogen and oxygen atoms in total.